The SMILES string of the molecule is CC(C)CNC(=O)CCN. The number of carbonyl (C=O) groups is 1. The summed E-state index contributed by atoms with van der Waals surface area (Å²) >= 11 is 0. The Bertz CT molecular complexity index is 102. The molecule has 0 aromatic carbocycles. The lowest BCUT2D eigenvalue weighted by molar-refractivity contribution is -0.121. The van der Waals surface area contributed by atoms with Crippen LogP contribution in [0.3, 0.4) is 0 Å². The number of amides is 1. The molecule has 0 aliphatic rings. The molecule has 0 rings (SSSR count). The molecule has 0 aliphatic heterocycles. The molecule has 0 spiro atoms. The molecule has 3 nitrogen and oxygen atoms in total. The van der Waals surface area contributed by atoms with Gasteiger partial charge < -0.3 is 11.1 Å². The lowest BCUT2D eigenvalue weighted by Crippen LogP contribution is -2.28. The molecule has 0 fully saturated rings. The molecule has 0 aromatic rings. The van der Waals surface area contributed by atoms with Crippen LogP contribution < -0.4 is 11.1 Å². The Hall–Kier alpha value is -0.570. The van der Waals surface area contributed by atoms with Gasteiger partial charge in [-0.2, -0.15) is 0 Å². The van der Waals surface area contributed by atoms with Crippen molar-refractivity contribution < 1.29 is 4.79 Å². The summed E-state index contributed by atoms with van der Waals surface area (Å²) in [5.41, 5.74) is 5.17. The molecule has 1 amide bonds. The first kappa shape index (κ1) is 9.43. The number of nitrogens with two attached hydrogens (primary N) is 1. The maximum atomic E-state index is 10.8. The number of carbonyl (C=O) groups excluding carboxylic acids is 1. The molecule has 0 atom stereocenters. The zero-order chi connectivity index (χ0) is 7.98. The third-order valence-corrected chi connectivity index (χ3v) is 1.08. The molecular weight excluding hydrogens is 128 g/mol. The minimum absolute atomic E-state index is 0.0520. The second kappa shape index (κ2) is 5.23. The summed E-state index contributed by atoms with van der Waals surface area (Å²) in [6.45, 7) is 5.30. The van der Waals surface area contributed by atoms with E-state index in [0.29, 0.717) is 18.9 Å². The molecule has 0 unspecified atom stereocenters. The van der Waals surface area contributed by atoms with Crippen molar-refractivity contribution in [1.82, 2.24) is 5.32 Å². The Morgan fingerprint density at radius 3 is 2.60 bits per heavy atom. The standard InChI is InChI=1S/C7H16N2O/c1-6(2)5-9-7(10)3-4-8/h6H,3-5,8H2,1-2H3,(H,9,10). The molecule has 3 N–H and O–H groups in total. The van der Waals surface area contributed by atoms with Gasteiger partial charge in [0.25, 0.3) is 0 Å². The predicted molar refractivity (Wildman–Crippen MR) is 41.5 cm³/mol. The first-order chi connectivity index (χ1) is 4.66. The van der Waals surface area contributed by atoms with Gasteiger partial charge in [-0.1, -0.05) is 13.8 Å². The van der Waals surface area contributed by atoms with Crippen LogP contribution in [0.2, 0.25) is 0 Å². The maximum Gasteiger partial charge on any atom is 0.221 e. The quantitative estimate of drug-likeness (QED) is 0.588. The Kier molecular flexibility index (Phi) is 4.94. The highest BCUT2D eigenvalue weighted by Crippen LogP contribution is 1.87. The summed E-state index contributed by atoms with van der Waals surface area (Å²) in [6.07, 6.45) is 0.437. The summed E-state index contributed by atoms with van der Waals surface area (Å²) < 4.78 is 0. The average molecular weight is 144 g/mol. The van der Waals surface area contributed by atoms with Crippen molar-refractivity contribution in [3.05, 3.63) is 0 Å². The fourth-order valence-corrected chi connectivity index (χ4v) is 0.537. The van der Waals surface area contributed by atoms with Crippen molar-refractivity contribution in [2.45, 2.75) is 20.3 Å². The van der Waals surface area contributed by atoms with Crippen molar-refractivity contribution >= 4 is 5.91 Å². The number of hydrogen-bond acceptors (Lipinski definition) is 2. The fraction of sp³-hybridized carbons (Fsp3) is 0.857. The molecule has 0 radical (unpaired) electrons. The Morgan fingerprint density at radius 1 is 1.60 bits per heavy atom. The minimum atomic E-state index is 0.0520. The largest absolute Gasteiger partial charge is 0.356 e. The lowest BCUT2D eigenvalue weighted by Gasteiger charge is -2.05. The molecule has 0 aliphatic carbocycles. The van der Waals surface area contributed by atoms with Gasteiger partial charge in [0.15, 0.2) is 0 Å². The molecule has 0 saturated heterocycles. The molecule has 0 saturated carbocycles. The van der Waals surface area contributed by atoms with Crippen LogP contribution in [0, 0.1) is 5.92 Å². The van der Waals surface area contributed by atoms with Gasteiger partial charge >= 0.3 is 0 Å². The van der Waals surface area contributed by atoms with Crippen LogP contribution >= 0.6 is 0 Å². The topological polar surface area (TPSA) is 55.1 Å². The summed E-state index contributed by atoms with van der Waals surface area (Å²) in [5.74, 6) is 0.568. The highest BCUT2D eigenvalue weighted by Gasteiger charge is 1.98. The van der Waals surface area contributed by atoms with E-state index in [9.17, 15) is 4.79 Å². The van der Waals surface area contributed by atoms with E-state index in [4.69, 9.17) is 5.73 Å². The maximum absolute atomic E-state index is 10.8. The zero-order valence-corrected chi connectivity index (χ0v) is 6.68. The Balaban J connectivity index is 3.22. The molecule has 10 heavy (non-hydrogen) atoms. The van der Waals surface area contributed by atoms with E-state index in [2.05, 4.69) is 19.2 Å². The van der Waals surface area contributed by atoms with Crippen LogP contribution in [0.4, 0.5) is 0 Å². The normalized spacial score (nSPS) is 10.0. The van der Waals surface area contributed by atoms with E-state index >= 15 is 0 Å². The van der Waals surface area contributed by atoms with Gasteiger partial charge in [-0.25, -0.2) is 0 Å². The Morgan fingerprint density at radius 2 is 2.20 bits per heavy atom. The predicted octanol–water partition coefficient (Wildman–Crippen LogP) is 0.107. The van der Waals surface area contributed by atoms with Gasteiger partial charge in [0.2, 0.25) is 5.91 Å². The molecule has 0 bridgehead atoms. The average Bonchev–Trinajstić information content (AvgIpc) is 1.85. The van der Waals surface area contributed by atoms with Gasteiger partial charge in [-0.05, 0) is 5.92 Å². The second-order valence-electron chi connectivity index (χ2n) is 2.74. The first-order valence-corrected chi connectivity index (χ1v) is 3.63. The van der Waals surface area contributed by atoms with E-state index in [1.165, 1.54) is 0 Å². The van der Waals surface area contributed by atoms with Crippen LogP contribution in [-0.2, 0) is 4.79 Å². The van der Waals surface area contributed by atoms with E-state index in [-0.39, 0.29) is 5.91 Å². The van der Waals surface area contributed by atoms with Crippen LogP contribution in [0.1, 0.15) is 20.3 Å². The van der Waals surface area contributed by atoms with Crippen LogP contribution in [-0.4, -0.2) is 19.0 Å². The minimum Gasteiger partial charge on any atom is -0.356 e. The smallest absolute Gasteiger partial charge is 0.221 e. The summed E-state index contributed by atoms with van der Waals surface area (Å²) in [5, 5.41) is 2.76. The Labute approximate surface area is 62.0 Å². The molecule has 3 heteroatoms. The van der Waals surface area contributed by atoms with Crippen LogP contribution in [0.25, 0.3) is 0 Å². The third-order valence-electron chi connectivity index (χ3n) is 1.08. The van der Waals surface area contributed by atoms with Crippen molar-refractivity contribution in [2.24, 2.45) is 11.7 Å². The number of nitrogens with one attached hydrogen (secondary N) is 1. The fourth-order valence-electron chi connectivity index (χ4n) is 0.537. The second-order valence-corrected chi connectivity index (χ2v) is 2.74. The molecule has 0 aromatic heterocycles. The van der Waals surface area contributed by atoms with Gasteiger partial charge in [0.1, 0.15) is 0 Å². The molecular formula is C7H16N2O. The van der Waals surface area contributed by atoms with Crippen molar-refractivity contribution in [2.75, 3.05) is 13.1 Å². The lowest BCUT2D eigenvalue weighted by atomic mass is 10.2. The van der Waals surface area contributed by atoms with E-state index < -0.39 is 0 Å². The van der Waals surface area contributed by atoms with Gasteiger partial charge in [0, 0.05) is 19.5 Å². The highest BCUT2D eigenvalue weighted by molar-refractivity contribution is 5.75. The summed E-state index contributed by atoms with van der Waals surface area (Å²) in [7, 11) is 0. The van der Waals surface area contributed by atoms with Crippen LogP contribution in [0.15, 0.2) is 0 Å². The van der Waals surface area contributed by atoms with Gasteiger partial charge in [-0.3, -0.25) is 4.79 Å². The van der Waals surface area contributed by atoms with Gasteiger partial charge in [0.05, 0.1) is 0 Å². The van der Waals surface area contributed by atoms with Crippen LogP contribution in [0.5, 0.6) is 0 Å². The highest BCUT2D eigenvalue weighted by atomic mass is 16.1. The third kappa shape index (κ3) is 5.56. The van der Waals surface area contributed by atoms with Gasteiger partial charge in [-0.15, -0.1) is 0 Å². The van der Waals surface area contributed by atoms with Crippen molar-refractivity contribution in [3.8, 4) is 0 Å². The summed E-state index contributed by atoms with van der Waals surface area (Å²) in [6, 6.07) is 0. The number of hydrogen-bond donors (Lipinski definition) is 2. The first-order valence-electron chi connectivity index (χ1n) is 3.63. The van der Waals surface area contributed by atoms with E-state index in [1.807, 2.05) is 0 Å². The van der Waals surface area contributed by atoms with E-state index in [0.717, 1.165) is 6.54 Å². The van der Waals surface area contributed by atoms with Crippen molar-refractivity contribution in [3.63, 3.8) is 0 Å². The van der Waals surface area contributed by atoms with Crippen molar-refractivity contribution in [1.29, 1.82) is 0 Å². The monoisotopic (exact) mass is 144 g/mol. The molecule has 0 heterocycles. The zero-order valence-electron chi connectivity index (χ0n) is 6.68. The number of rotatable bonds is 4. The molecule has 60 valence electrons. The van der Waals surface area contributed by atoms with E-state index in [1.54, 1.807) is 0 Å². The summed E-state index contributed by atoms with van der Waals surface area (Å²) in [4.78, 5) is 10.8.